The molecule has 10 nitrogen and oxygen atoms in total. The third-order valence-electron chi connectivity index (χ3n) is 9.32. The number of fused-ring (bicyclic) bond motifs is 3. The van der Waals surface area contributed by atoms with E-state index in [-0.39, 0.29) is 48.8 Å². The Labute approximate surface area is 265 Å². The first-order valence-corrected chi connectivity index (χ1v) is 16.4. The maximum Gasteiger partial charge on any atom is 0.408 e. The van der Waals surface area contributed by atoms with Crippen LogP contribution in [0.1, 0.15) is 99.0 Å². The summed E-state index contributed by atoms with van der Waals surface area (Å²) < 4.78 is 14.0. The predicted octanol–water partition coefficient (Wildman–Crippen LogP) is 5.93. The Morgan fingerprint density at radius 2 is 1.87 bits per heavy atom. The lowest BCUT2D eigenvalue weighted by Crippen LogP contribution is -2.52. The van der Waals surface area contributed by atoms with E-state index in [0.29, 0.717) is 18.9 Å². The zero-order chi connectivity index (χ0) is 32.5. The van der Waals surface area contributed by atoms with E-state index in [0.717, 1.165) is 36.7 Å². The van der Waals surface area contributed by atoms with Crippen LogP contribution in [0.3, 0.4) is 0 Å². The smallest absolute Gasteiger partial charge is 0.408 e. The lowest BCUT2D eigenvalue weighted by molar-refractivity contribution is -0.140. The molecule has 1 N–H and O–H groups in total. The summed E-state index contributed by atoms with van der Waals surface area (Å²) in [5.41, 5.74) is 0.300. The standard InChI is InChI=1S/C35H48N4O6/c1-22(2)39-28-17-13-12-15-26(28)36-32(39)44-25-18-29-30(41)20-35(23(3)40)19-24(35)14-10-8-7-9-11-16-27(31(42)38(29)21-25)37-33(43)45-34(4,5)6/h10,12-15,17,22,24-25,27,29H,7-9,11,16,18-21H2,1-6H3,(H,37,43)/b14-10-/t24-,25+,27-,29-,35-/m0/s1. The highest BCUT2D eigenvalue weighted by Crippen LogP contribution is 2.57. The molecule has 2 amide bonds. The highest BCUT2D eigenvalue weighted by Gasteiger charge is 2.58. The Morgan fingerprint density at radius 3 is 2.58 bits per heavy atom. The number of ether oxygens (including phenoxy) is 2. The number of para-hydroxylation sites is 2. The monoisotopic (exact) mass is 620 g/mol. The molecule has 1 saturated carbocycles. The van der Waals surface area contributed by atoms with Gasteiger partial charge >= 0.3 is 6.09 Å². The number of hydrogen-bond acceptors (Lipinski definition) is 7. The molecule has 10 heteroatoms. The molecule has 0 radical (unpaired) electrons. The molecule has 2 fully saturated rings. The summed E-state index contributed by atoms with van der Waals surface area (Å²) in [5.74, 6) is -0.438. The number of carbonyl (C=O) groups excluding carboxylic acids is 4. The summed E-state index contributed by atoms with van der Waals surface area (Å²) in [6.45, 7) is 11.2. The van der Waals surface area contributed by atoms with Crippen LogP contribution in [0.4, 0.5) is 4.79 Å². The first-order valence-electron chi connectivity index (χ1n) is 16.4. The molecule has 3 heterocycles. The van der Waals surface area contributed by atoms with Crippen molar-refractivity contribution >= 4 is 34.6 Å². The number of hydrogen-bond donors (Lipinski definition) is 1. The van der Waals surface area contributed by atoms with Crippen molar-refractivity contribution in [3.8, 4) is 6.01 Å². The summed E-state index contributed by atoms with van der Waals surface area (Å²) in [4.78, 5) is 60.4. The minimum Gasteiger partial charge on any atom is -0.459 e. The fraction of sp³-hybridized carbons (Fsp3) is 0.629. The third-order valence-corrected chi connectivity index (χ3v) is 9.32. The number of allylic oxidation sites excluding steroid dienone is 2. The fourth-order valence-corrected chi connectivity index (χ4v) is 6.89. The van der Waals surface area contributed by atoms with E-state index in [1.165, 1.54) is 0 Å². The number of amides is 2. The Bertz CT molecular complexity index is 1470. The number of benzene rings is 1. The Kier molecular flexibility index (Phi) is 9.42. The number of carbonyl (C=O) groups is 4. The van der Waals surface area contributed by atoms with E-state index in [1.807, 2.05) is 28.8 Å². The molecule has 2 aromatic rings. The highest BCUT2D eigenvalue weighted by molar-refractivity contribution is 5.97. The number of alkyl carbamates (subject to hydrolysis) is 1. The number of imidazole rings is 1. The molecule has 1 aromatic carbocycles. The van der Waals surface area contributed by atoms with Gasteiger partial charge in [0.15, 0.2) is 5.78 Å². The van der Waals surface area contributed by atoms with Crippen LogP contribution in [-0.4, -0.2) is 68.4 Å². The third kappa shape index (κ3) is 7.25. The van der Waals surface area contributed by atoms with Crippen LogP contribution in [0.15, 0.2) is 36.4 Å². The van der Waals surface area contributed by atoms with E-state index in [4.69, 9.17) is 14.5 Å². The van der Waals surface area contributed by atoms with Gasteiger partial charge in [0.25, 0.3) is 6.01 Å². The van der Waals surface area contributed by atoms with E-state index in [2.05, 4.69) is 31.3 Å². The average Bonchev–Trinajstić information content (AvgIpc) is 3.29. The van der Waals surface area contributed by atoms with Crippen molar-refractivity contribution in [2.24, 2.45) is 11.3 Å². The second-order valence-electron chi connectivity index (χ2n) is 14.3. The summed E-state index contributed by atoms with van der Waals surface area (Å²) in [7, 11) is 0. The molecule has 5 rings (SSSR count). The fourth-order valence-electron chi connectivity index (χ4n) is 6.89. The van der Waals surface area contributed by atoms with E-state index in [9.17, 15) is 19.2 Å². The van der Waals surface area contributed by atoms with Gasteiger partial charge in [-0.1, -0.05) is 37.1 Å². The minimum atomic E-state index is -0.856. The quantitative estimate of drug-likeness (QED) is 0.411. The number of ketones is 2. The van der Waals surface area contributed by atoms with Crippen molar-refractivity contribution in [3.05, 3.63) is 36.4 Å². The summed E-state index contributed by atoms with van der Waals surface area (Å²) in [6, 6.07) is 6.68. The number of Topliss-reactive ketones (excluding diaryl/α,β-unsaturated/α-hetero) is 2. The van der Waals surface area contributed by atoms with Crippen molar-refractivity contribution in [1.82, 2.24) is 19.8 Å². The molecular weight excluding hydrogens is 572 g/mol. The van der Waals surface area contributed by atoms with Gasteiger partial charge < -0.3 is 19.7 Å². The van der Waals surface area contributed by atoms with Crippen molar-refractivity contribution in [2.45, 2.75) is 123 Å². The maximum absolute atomic E-state index is 14.3. The lowest BCUT2D eigenvalue weighted by Gasteiger charge is -2.30. The molecule has 1 saturated heterocycles. The maximum atomic E-state index is 14.3. The van der Waals surface area contributed by atoms with E-state index in [1.54, 1.807) is 32.6 Å². The van der Waals surface area contributed by atoms with Gasteiger partial charge in [-0.05, 0) is 85.3 Å². The number of aromatic nitrogens is 2. The topological polar surface area (TPSA) is 120 Å². The van der Waals surface area contributed by atoms with Crippen molar-refractivity contribution in [2.75, 3.05) is 6.54 Å². The SMILES string of the molecule is CC(=O)[C@]12CC(=O)[C@@H]3C[C@@H](Oc4nc5ccccc5n4C(C)C)CN3C(=O)[C@@H](NC(=O)OC(C)(C)C)CCCCC/C=C\[C@H]1C2. The lowest BCUT2D eigenvalue weighted by atomic mass is 9.89. The summed E-state index contributed by atoms with van der Waals surface area (Å²) in [5, 5.41) is 2.80. The van der Waals surface area contributed by atoms with Gasteiger partial charge in [-0.2, -0.15) is 4.98 Å². The van der Waals surface area contributed by atoms with Crippen LogP contribution < -0.4 is 10.1 Å². The van der Waals surface area contributed by atoms with Gasteiger partial charge in [0.2, 0.25) is 5.91 Å². The van der Waals surface area contributed by atoms with Crippen LogP contribution in [0.5, 0.6) is 6.01 Å². The van der Waals surface area contributed by atoms with Gasteiger partial charge in [0.1, 0.15) is 23.5 Å². The molecule has 0 unspecified atom stereocenters. The first-order chi connectivity index (χ1) is 21.3. The average molecular weight is 621 g/mol. The van der Waals surface area contributed by atoms with Gasteiger partial charge in [0, 0.05) is 24.3 Å². The molecule has 244 valence electrons. The van der Waals surface area contributed by atoms with Crippen LogP contribution in [-0.2, 0) is 19.1 Å². The second kappa shape index (κ2) is 13.0. The van der Waals surface area contributed by atoms with Crippen LogP contribution in [0, 0.1) is 11.3 Å². The Morgan fingerprint density at radius 1 is 1.11 bits per heavy atom. The Balaban J connectivity index is 1.45. The second-order valence-corrected chi connectivity index (χ2v) is 14.3. The summed E-state index contributed by atoms with van der Waals surface area (Å²) >= 11 is 0. The van der Waals surface area contributed by atoms with Gasteiger partial charge in [0.05, 0.1) is 23.6 Å². The molecular formula is C35H48N4O6. The minimum absolute atomic E-state index is 0.00797. The molecule has 0 bridgehead atoms. The van der Waals surface area contributed by atoms with Gasteiger partial charge in [-0.15, -0.1) is 0 Å². The van der Waals surface area contributed by atoms with Crippen molar-refractivity contribution in [3.63, 3.8) is 0 Å². The zero-order valence-corrected chi connectivity index (χ0v) is 27.5. The molecule has 3 aliphatic rings. The van der Waals surface area contributed by atoms with Crippen LogP contribution in [0.2, 0.25) is 0 Å². The molecule has 2 aliphatic heterocycles. The van der Waals surface area contributed by atoms with Crippen LogP contribution >= 0.6 is 0 Å². The van der Waals surface area contributed by atoms with Crippen molar-refractivity contribution < 1.29 is 28.7 Å². The number of nitrogens with zero attached hydrogens (tertiary/aromatic N) is 3. The summed E-state index contributed by atoms with van der Waals surface area (Å²) in [6.07, 6.45) is 7.88. The normalized spacial score (nSPS) is 28.6. The molecule has 45 heavy (non-hydrogen) atoms. The van der Waals surface area contributed by atoms with Gasteiger partial charge in [-0.3, -0.25) is 19.0 Å². The number of rotatable bonds is 5. The highest BCUT2D eigenvalue weighted by atomic mass is 16.6. The Hall–Kier alpha value is -3.69. The molecule has 1 aromatic heterocycles. The van der Waals surface area contributed by atoms with E-state index < -0.39 is 35.3 Å². The zero-order valence-electron chi connectivity index (χ0n) is 27.5. The predicted molar refractivity (Wildman–Crippen MR) is 171 cm³/mol. The number of nitrogens with one attached hydrogen (secondary N) is 1. The molecule has 0 spiro atoms. The van der Waals surface area contributed by atoms with Crippen LogP contribution in [0.25, 0.3) is 11.0 Å². The van der Waals surface area contributed by atoms with E-state index >= 15 is 0 Å². The van der Waals surface area contributed by atoms with Gasteiger partial charge in [-0.25, -0.2) is 4.79 Å². The first kappa shape index (κ1) is 32.7. The molecule has 5 atom stereocenters. The molecule has 1 aliphatic carbocycles. The largest absolute Gasteiger partial charge is 0.459 e. The van der Waals surface area contributed by atoms with Crippen molar-refractivity contribution in [1.29, 1.82) is 0 Å².